The van der Waals surface area contributed by atoms with E-state index in [1.165, 1.54) is 6.07 Å². The van der Waals surface area contributed by atoms with Gasteiger partial charge in [-0.05, 0) is 24.7 Å². The minimum Gasteiger partial charge on any atom is -0.318 e. The van der Waals surface area contributed by atoms with E-state index in [4.69, 9.17) is 0 Å². The van der Waals surface area contributed by atoms with Crippen LogP contribution in [0.15, 0.2) is 18.2 Å². The Morgan fingerprint density at radius 1 is 1.18 bits per heavy atom. The first-order valence-corrected chi connectivity index (χ1v) is 5.16. The summed E-state index contributed by atoms with van der Waals surface area (Å²) >= 11 is 0. The van der Waals surface area contributed by atoms with Crippen molar-refractivity contribution < 1.29 is 17.6 Å². The summed E-state index contributed by atoms with van der Waals surface area (Å²) in [5, 5.41) is 5.84. The zero-order chi connectivity index (χ0) is 12.9. The third kappa shape index (κ3) is 4.32. The van der Waals surface area contributed by atoms with Crippen molar-refractivity contribution >= 4 is 0 Å². The molecule has 2 nitrogen and oxygen atoms in total. The van der Waals surface area contributed by atoms with E-state index in [9.17, 15) is 17.6 Å². The third-order valence-corrected chi connectivity index (χ3v) is 2.22. The summed E-state index contributed by atoms with van der Waals surface area (Å²) in [4.78, 5) is 0. The molecule has 0 amide bonds. The Balaban J connectivity index is 2.69. The molecule has 0 bridgehead atoms. The van der Waals surface area contributed by atoms with Crippen LogP contribution < -0.4 is 10.6 Å². The minimum absolute atomic E-state index is 0.283. The fourth-order valence-electron chi connectivity index (χ4n) is 1.35. The minimum atomic E-state index is -4.65. The van der Waals surface area contributed by atoms with Crippen LogP contribution in [0.5, 0.6) is 0 Å². The number of hydrogen-bond donors (Lipinski definition) is 2. The molecule has 0 aliphatic heterocycles. The first-order chi connectivity index (χ1) is 7.95. The van der Waals surface area contributed by atoms with E-state index in [0.29, 0.717) is 18.7 Å². The number of halogens is 4. The van der Waals surface area contributed by atoms with Crippen LogP contribution in [-0.2, 0) is 12.7 Å². The maximum absolute atomic E-state index is 13.0. The highest BCUT2D eigenvalue weighted by Crippen LogP contribution is 2.31. The topological polar surface area (TPSA) is 24.1 Å². The Bertz CT molecular complexity index is 363. The van der Waals surface area contributed by atoms with Crippen molar-refractivity contribution in [1.29, 1.82) is 0 Å². The molecular formula is C11H14F4N2. The number of nitrogens with one attached hydrogen (secondary N) is 2. The zero-order valence-corrected chi connectivity index (χ0v) is 9.37. The van der Waals surface area contributed by atoms with Gasteiger partial charge in [0, 0.05) is 19.6 Å². The van der Waals surface area contributed by atoms with E-state index in [1.54, 1.807) is 7.05 Å². The number of benzene rings is 1. The van der Waals surface area contributed by atoms with Crippen LogP contribution in [0.4, 0.5) is 17.6 Å². The molecule has 96 valence electrons. The summed E-state index contributed by atoms with van der Waals surface area (Å²) in [5.41, 5.74) is -0.805. The Morgan fingerprint density at radius 2 is 1.88 bits per heavy atom. The first kappa shape index (κ1) is 13.9. The molecule has 0 saturated heterocycles. The quantitative estimate of drug-likeness (QED) is 0.618. The Labute approximate surface area is 97.0 Å². The Kier molecular flexibility index (Phi) is 4.89. The molecule has 0 radical (unpaired) electrons. The molecule has 1 aromatic carbocycles. The highest BCUT2D eigenvalue weighted by Gasteiger charge is 2.34. The highest BCUT2D eigenvalue weighted by molar-refractivity contribution is 5.27. The van der Waals surface area contributed by atoms with Gasteiger partial charge in [-0.25, -0.2) is 4.39 Å². The predicted octanol–water partition coefficient (Wildman–Crippen LogP) is 2.15. The summed E-state index contributed by atoms with van der Waals surface area (Å²) in [5.74, 6) is -1.24. The van der Waals surface area contributed by atoms with Gasteiger partial charge in [0.15, 0.2) is 0 Å². The predicted molar refractivity (Wildman–Crippen MR) is 57.0 cm³/mol. The molecule has 0 fully saturated rings. The maximum atomic E-state index is 13.0. The highest BCUT2D eigenvalue weighted by atomic mass is 19.4. The van der Waals surface area contributed by atoms with Crippen molar-refractivity contribution in [2.75, 3.05) is 20.1 Å². The van der Waals surface area contributed by atoms with Crippen LogP contribution in [0, 0.1) is 5.82 Å². The van der Waals surface area contributed by atoms with Gasteiger partial charge in [0.05, 0.1) is 5.56 Å². The van der Waals surface area contributed by atoms with Crippen molar-refractivity contribution in [2.24, 2.45) is 0 Å². The molecular weight excluding hydrogens is 236 g/mol. The van der Waals surface area contributed by atoms with Crippen LogP contribution in [0.3, 0.4) is 0 Å². The Morgan fingerprint density at radius 3 is 2.47 bits per heavy atom. The average molecular weight is 250 g/mol. The molecule has 0 aliphatic rings. The molecule has 0 spiro atoms. The number of rotatable bonds is 5. The SMILES string of the molecule is CNCCNCc1ccc(F)c(C(F)(F)F)c1. The van der Waals surface area contributed by atoms with Crippen molar-refractivity contribution in [3.8, 4) is 0 Å². The monoisotopic (exact) mass is 250 g/mol. The van der Waals surface area contributed by atoms with E-state index in [2.05, 4.69) is 10.6 Å². The van der Waals surface area contributed by atoms with Gasteiger partial charge < -0.3 is 10.6 Å². The Hall–Kier alpha value is -1.14. The molecule has 6 heteroatoms. The second-order valence-electron chi connectivity index (χ2n) is 3.59. The van der Waals surface area contributed by atoms with Crippen LogP contribution in [0.2, 0.25) is 0 Å². The average Bonchev–Trinajstić information content (AvgIpc) is 2.25. The van der Waals surface area contributed by atoms with Crippen LogP contribution in [0.1, 0.15) is 11.1 Å². The lowest BCUT2D eigenvalue weighted by molar-refractivity contribution is -0.140. The fourth-order valence-corrected chi connectivity index (χ4v) is 1.35. The fraction of sp³-hybridized carbons (Fsp3) is 0.455. The van der Waals surface area contributed by atoms with Crippen molar-refractivity contribution in [2.45, 2.75) is 12.7 Å². The van der Waals surface area contributed by atoms with Gasteiger partial charge in [-0.2, -0.15) is 13.2 Å². The molecule has 0 heterocycles. The number of alkyl halides is 3. The molecule has 0 unspecified atom stereocenters. The lowest BCUT2D eigenvalue weighted by atomic mass is 10.1. The molecule has 17 heavy (non-hydrogen) atoms. The van der Waals surface area contributed by atoms with Crippen molar-refractivity contribution in [1.82, 2.24) is 10.6 Å². The molecule has 2 N–H and O–H groups in total. The molecule has 0 saturated carbocycles. The number of hydrogen-bond acceptors (Lipinski definition) is 2. The van der Waals surface area contributed by atoms with Gasteiger partial charge >= 0.3 is 6.18 Å². The third-order valence-electron chi connectivity index (χ3n) is 2.22. The standard InChI is InChI=1S/C11H14F4N2/c1-16-4-5-17-7-8-2-3-10(12)9(6-8)11(13,14)15/h2-3,6,16-17H,4-5,7H2,1H3. The summed E-state index contributed by atoms with van der Waals surface area (Å²) in [6, 6.07) is 3.02. The summed E-state index contributed by atoms with van der Waals surface area (Å²) in [6.07, 6.45) is -4.65. The van der Waals surface area contributed by atoms with Gasteiger partial charge in [-0.15, -0.1) is 0 Å². The van der Waals surface area contributed by atoms with E-state index < -0.39 is 17.6 Å². The van der Waals surface area contributed by atoms with Gasteiger partial charge in [0.2, 0.25) is 0 Å². The lowest BCUT2D eigenvalue weighted by Gasteiger charge is -2.10. The van der Waals surface area contributed by atoms with Gasteiger partial charge in [-0.1, -0.05) is 6.07 Å². The largest absolute Gasteiger partial charge is 0.419 e. The molecule has 0 aliphatic carbocycles. The normalized spacial score (nSPS) is 11.8. The van der Waals surface area contributed by atoms with Crippen molar-refractivity contribution in [3.63, 3.8) is 0 Å². The van der Waals surface area contributed by atoms with Gasteiger partial charge in [-0.3, -0.25) is 0 Å². The molecule has 0 atom stereocenters. The van der Waals surface area contributed by atoms with E-state index in [1.807, 2.05) is 0 Å². The van der Waals surface area contributed by atoms with Gasteiger partial charge in [0.1, 0.15) is 5.82 Å². The molecule has 1 aromatic rings. The van der Waals surface area contributed by atoms with Crippen LogP contribution in [0.25, 0.3) is 0 Å². The summed E-state index contributed by atoms with van der Waals surface area (Å²) in [7, 11) is 1.78. The number of likely N-dealkylation sites (N-methyl/N-ethyl adjacent to an activating group) is 1. The molecule has 0 aromatic heterocycles. The second kappa shape index (κ2) is 5.97. The van der Waals surface area contributed by atoms with E-state index >= 15 is 0 Å². The maximum Gasteiger partial charge on any atom is 0.419 e. The first-order valence-electron chi connectivity index (χ1n) is 5.16. The van der Waals surface area contributed by atoms with Crippen molar-refractivity contribution in [3.05, 3.63) is 35.1 Å². The summed E-state index contributed by atoms with van der Waals surface area (Å²) in [6.45, 7) is 1.63. The molecule has 1 rings (SSSR count). The van der Waals surface area contributed by atoms with E-state index in [-0.39, 0.29) is 6.54 Å². The second-order valence-corrected chi connectivity index (χ2v) is 3.59. The van der Waals surface area contributed by atoms with E-state index in [0.717, 1.165) is 12.1 Å². The smallest absolute Gasteiger partial charge is 0.318 e. The summed E-state index contributed by atoms with van der Waals surface area (Å²) < 4.78 is 50.2. The lowest BCUT2D eigenvalue weighted by Crippen LogP contribution is -2.24. The van der Waals surface area contributed by atoms with Crippen LogP contribution in [-0.4, -0.2) is 20.1 Å². The van der Waals surface area contributed by atoms with Crippen LogP contribution >= 0.6 is 0 Å². The van der Waals surface area contributed by atoms with Gasteiger partial charge in [0.25, 0.3) is 0 Å². The zero-order valence-electron chi connectivity index (χ0n) is 9.37.